The molecule has 3 aromatic carbocycles. The lowest BCUT2D eigenvalue weighted by molar-refractivity contribution is -0.120. The summed E-state index contributed by atoms with van der Waals surface area (Å²) in [5, 5.41) is 3.38. The highest BCUT2D eigenvalue weighted by molar-refractivity contribution is 7.92. The summed E-state index contributed by atoms with van der Waals surface area (Å²) in [6.07, 6.45) is 3.31. The van der Waals surface area contributed by atoms with Gasteiger partial charge in [0.05, 0.1) is 16.6 Å². The maximum absolute atomic E-state index is 13.6. The highest BCUT2D eigenvalue weighted by atomic mass is 35.5. The molecule has 1 amide bonds. The third-order valence-corrected chi connectivity index (χ3v) is 8.35. The molecule has 178 valence electrons. The second-order valence-corrected chi connectivity index (χ2v) is 11.2. The van der Waals surface area contributed by atoms with E-state index in [-0.39, 0.29) is 23.4 Å². The van der Waals surface area contributed by atoms with Gasteiger partial charge in [-0.25, -0.2) is 8.42 Å². The van der Waals surface area contributed by atoms with Crippen molar-refractivity contribution in [1.82, 2.24) is 5.32 Å². The maximum Gasteiger partial charge on any atom is 0.264 e. The molecule has 0 saturated carbocycles. The van der Waals surface area contributed by atoms with E-state index in [9.17, 15) is 13.2 Å². The number of hydrogen-bond acceptors (Lipinski definition) is 3. The summed E-state index contributed by atoms with van der Waals surface area (Å²) in [5.74, 6) is -0.386. The Morgan fingerprint density at radius 1 is 1.00 bits per heavy atom. The molecule has 1 aliphatic carbocycles. The van der Waals surface area contributed by atoms with Crippen molar-refractivity contribution < 1.29 is 13.2 Å². The summed E-state index contributed by atoms with van der Waals surface area (Å²) >= 11 is 6.20. The number of nitrogens with zero attached hydrogens (tertiary/aromatic N) is 1. The molecule has 5 nitrogen and oxygen atoms in total. The van der Waals surface area contributed by atoms with E-state index in [0.29, 0.717) is 16.3 Å². The van der Waals surface area contributed by atoms with E-state index in [2.05, 4.69) is 17.4 Å². The lowest BCUT2D eigenvalue weighted by Gasteiger charge is -2.27. The van der Waals surface area contributed by atoms with Gasteiger partial charge >= 0.3 is 0 Å². The molecule has 1 atom stereocenters. The zero-order chi connectivity index (χ0) is 24.5. The van der Waals surface area contributed by atoms with Gasteiger partial charge in [-0.05, 0) is 86.6 Å². The van der Waals surface area contributed by atoms with Crippen LogP contribution in [-0.2, 0) is 27.7 Å². The average molecular weight is 497 g/mol. The van der Waals surface area contributed by atoms with Gasteiger partial charge in [-0.2, -0.15) is 0 Å². The van der Waals surface area contributed by atoms with E-state index in [1.165, 1.54) is 11.1 Å². The molecule has 3 aromatic rings. The van der Waals surface area contributed by atoms with Crippen LogP contribution in [0.3, 0.4) is 0 Å². The van der Waals surface area contributed by atoms with E-state index in [0.717, 1.165) is 34.7 Å². The Morgan fingerprint density at radius 3 is 2.44 bits per heavy atom. The lowest BCUT2D eigenvalue weighted by atomic mass is 10.0. The molecule has 0 aliphatic heterocycles. The summed E-state index contributed by atoms with van der Waals surface area (Å²) in [6.45, 7) is 5.25. The second-order valence-electron chi connectivity index (χ2n) is 8.93. The van der Waals surface area contributed by atoms with Crippen molar-refractivity contribution in [2.24, 2.45) is 0 Å². The van der Waals surface area contributed by atoms with Crippen LogP contribution in [-0.4, -0.2) is 20.9 Å². The van der Waals surface area contributed by atoms with Gasteiger partial charge in [-0.15, -0.1) is 0 Å². The van der Waals surface area contributed by atoms with Crippen LogP contribution in [0.5, 0.6) is 0 Å². The monoisotopic (exact) mass is 496 g/mol. The zero-order valence-corrected chi connectivity index (χ0v) is 21.2. The molecule has 0 spiro atoms. The number of anilines is 1. The molecule has 34 heavy (non-hydrogen) atoms. The van der Waals surface area contributed by atoms with E-state index < -0.39 is 10.0 Å². The number of nitrogens with one attached hydrogen (secondary N) is 1. The molecule has 1 aliphatic rings. The van der Waals surface area contributed by atoms with Crippen LogP contribution in [0.1, 0.15) is 47.2 Å². The maximum atomic E-state index is 13.6. The van der Waals surface area contributed by atoms with Gasteiger partial charge < -0.3 is 5.32 Å². The Balaban J connectivity index is 1.62. The number of halogens is 1. The van der Waals surface area contributed by atoms with Gasteiger partial charge in [0.2, 0.25) is 5.91 Å². The van der Waals surface area contributed by atoms with Gasteiger partial charge in [-0.3, -0.25) is 9.10 Å². The zero-order valence-electron chi connectivity index (χ0n) is 19.6. The molecule has 0 saturated heterocycles. The molecule has 7 heteroatoms. The quantitative estimate of drug-likeness (QED) is 0.468. The van der Waals surface area contributed by atoms with E-state index in [1.54, 1.807) is 49.4 Å². The van der Waals surface area contributed by atoms with E-state index in [1.807, 2.05) is 19.9 Å². The van der Waals surface area contributed by atoms with Crippen LogP contribution in [0, 0.1) is 13.8 Å². The first-order valence-corrected chi connectivity index (χ1v) is 13.2. The Labute approximate surface area is 206 Å². The molecule has 0 heterocycles. The summed E-state index contributed by atoms with van der Waals surface area (Å²) in [5.41, 5.74) is 5.75. The van der Waals surface area contributed by atoms with Crippen molar-refractivity contribution in [3.63, 3.8) is 0 Å². The standard InChI is InChI=1S/C27H29ClN2O3S/c1-18-7-13-25(14-8-18)34(32,33)30(26-16-24(28)12-9-19(26)2)17-27(31)29-20(3)22-11-10-21-5-4-6-23(21)15-22/h7-16,20H,4-6,17H2,1-3H3,(H,29,31)/t20-/m1/s1. The summed E-state index contributed by atoms with van der Waals surface area (Å²) in [6, 6.07) is 17.7. The van der Waals surface area contributed by atoms with Crippen LogP contribution in [0.15, 0.2) is 65.6 Å². The Hall–Kier alpha value is -2.83. The van der Waals surface area contributed by atoms with E-state index in [4.69, 9.17) is 11.6 Å². The topological polar surface area (TPSA) is 66.5 Å². The van der Waals surface area contributed by atoms with Crippen LogP contribution in [0.2, 0.25) is 5.02 Å². The lowest BCUT2D eigenvalue weighted by Crippen LogP contribution is -2.42. The van der Waals surface area contributed by atoms with Crippen LogP contribution in [0.4, 0.5) is 5.69 Å². The number of fused-ring (bicyclic) bond motifs is 1. The fourth-order valence-electron chi connectivity index (χ4n) is 4.35. The molecule has 4 rings (SSSR count). The first-order valence-electron chi connectivity index (χ1n) is 11.4. The second kappa shape index (κ2) is 9.80. The minimum atomic E-state index is -4.00. The number of sulfonamides is 1. The van der Waals surface area contributed by atoms with E-state index >= 15 is 0 Å². The number of carbonyl (C=O) groups excluding carboxylic acids is 1. The van der Waals surface area contributed by atoms with Crippen molar-refractivity contribution in [2.45, 2.75) is 51.0 Å². The minimum absolute atomic E-state index is 0.122. The SMILES string of the molecule is Cc1ccc(S(=O)(=O)N(CC(=O)N[C@H](C)c2ccc3c(c2)CCC3)c2cc(Cl)ccc2C)cc1. The molecule has 0 unspecified atom stereocenters. The van der Waals surface area contributed by atoms with Crippen LogP contribution >= 0.6 is 11.6 Å². The molecule has 0 aromatic heterocycles. The van der Waals surface area contributed by atoms with Gasteiger partial charge in [0.25, 0.3) is 10.0 Å². The van der Waals surface area contributed by atoms with Crippen molar-refractivity contribution in [3.05, 3.63) is 93.5 Å². The molecule has 0 fully saturated rings. The van der Waals surface area contributed by atoms with Crippen molar-refractivity contribution >= 4 is 33.2 Å². The first kappa shape index (κ1) is 24.3. The first-order chi connectivity index (χ1) is 16.1. The molecule has 0 bridgehead atoms. The summed E-state index contributed by atoms with van der Waals surface area (Å²) in [4.78, 5) is 13.2. The highest BCUT2D eigenvalue weighted by Crippen LogP contribution is 2.30. The van der Waals surface area contributed by atoms with Crippen LogP contribution in [0.25, 0.3) is 0 Å². The highest BCUT2D eigenvalue weighted by Gasteiger charge is 2.29. The Bertz CT molecular complexity index is 1320. The van der Waals surface area contributed by atoms with Crippen molar-refractivity contribution in [1.29, 1.82) is 0 Å². The number of amides is 1. The Kier molecular flexibility index (Phi) is 7.01. The number of aryl methyl sites for hydroxylation is 4. The average Bonchev–Trinajstić information content (AvgIpc) is 3.27. The number of benzene rings is 3. The number of carbonyl (C=O) groups is 1. The van der Waals surface area contributed by atoms with Gasteiger partial charge in [-0.1, -0.05) is 53.6 Å². The van der Waals surface area contributed by atoms with Gasteiger partial charge in [0.1, 0.15) is 6.54 Å². The molecular formula is C27H29ClN2O3S. The third-order valence-electron chi connectivity index (χ3n) is 6.34. The van der Waals surface area contributed by atoms with Crippen LogP contribution < -0.4 is 9.62 Å². The summed E-state index contributed by atoms with van der Waals surface area (Å²) in [7, 11) is -4.00. The predicted molar refractivity (Wildman–Crippen MR) is 137 cm³/mol. The molecule has 0 radical (unpaired) electrons. The number of hydrogen-bond donors (Lipinski definition) is 1. The minimum Gasteiger partial charge on any atom is -0.348 e. The third kappa shape index (κ3) is 5.13. The molecule has 1 N–H and O–H groups in total. The van der Waals surface area contributed by atoms with Crippen molar-refractivity contribution in [3.8, 4) is 0 Å². The predicted octanol–water partition coefficient (Wildman–Crippen LogP) is 5.52. The van der Waals surface area contributed by atoms with Gasteiger partial charge in [0.15, 0.2) is 0 Å². The normalized spacial score (nSPS) is 13.9. The van der Waals surface area contributed by atoms with Crippen molar-refractivity contribution in [2.75, 3.05) is 10.8 Å². The summed E-state index contributed by atoms with van der Waals surface area (Å²) < 4.78 is 28.4. The largest absolute Gasteiger partial charge is 0.348 e. The number of rotatable bonds is 7. The fourth-order valence-corrected chi connectivity index (χ4v) is 5.99. The Morgan fingerprint density at radius 2 is 1.71 bits per heavy atom. The molecular weight excluding hydrogens is 468 g/mol. The smallest absolute Gasteiger partial charge is 0.264 e. The van der Waals surface area contributed by atoms with Gasteiger partial charge in [0, 0.05) is 5.02 Å². The fraction of sp³-hybridized carbons (Fsp3) is 0.296.